The fourth-order valence-corrected chi connectivity index (χ4v) is 6.94. The Bertz CT molecular complexity index is 1740. The van der Waals surface area contributed by atoms with Crippen molar-refractivity contribution in [3.8, 4) is 5.75 Å². The van der Waals surface area contributed by atoms with Gasteiger partial charge in [-0.1, -0.05) is 18.2 Å². The summed E-state index contributed by atoms with van der Waals surface area (Å²) in [5, 5.41) is 19.0. The van der Waals surface area contributed by atoms with Crippen molar-refractivity contribution in [1.82, 2.24) is 14.8 Å². The standard InChI is InChI=1S/C30H29N3O7S/c1-40-23-7-11-25-22(18-31-27(25)17-23)14-15-33(41(38,39)24-8-4-20(5-9-24)30(35)36)28-12-6-21-16-19(2-10-26(21)28)3-13-29(34)32-37/h2-5,7-11,13,16-18,28,31,37H,6,12,14-15H2,1H3,(H,32,34)(H,35,36)/b13-3+. The van der Waals surface area contributed by atoms with Gasteiger partial charge in [0.25, 0.3) is 5.91 Å². The van der Waals surface area contributed by atoms with Gasteiger partial charge < -0.3 is 14.8 Å². The molecule has 0 spiro atoms. The highest BCUT2D eigenvalue weighted by Crippen LogP contribution is 2.39. The summed E-state index contributed by atoms with van der Waals surface area (Å²) in [7, 11) is -2.41. The molecule has 0 bridgehead atoms. The number of carboxylic acids is 1. The zero-order valence-electron chi connectivity index (χ0n) is 22.2. The minimum Gasteiger partial charge on any atom is -0.497 e. The number of nitrogens with one attached hydrogen (secondary N) is 2. The molecule has 0 aliphatic heterocycles. The Balaban J connectivity index is 1.49. The number of sulfonamides is 1. The van der Waals surface area contributed by atoms with Gasteiger partial charge in [-0.05, 0) is 84.0 Å². The summed E-state index contributed by atoms with van der Waals surface area (Å²) in [6.07, 6.45) is 6.32. The fraction of sp³-hybridized carbons (Fsp3) is 0.200. The van der Waals surface area contributed by atoms with Crippen LogP contribution in [-0.4, -0.2) is 53.6 Å². The molecule has 11 heteroatoms. The summed E-state index contributed by atoms with van der Waals surface area (Å²) in [6, 6.07) is 16.1. The second kappa shape index (κ2) is 11.6. The van der Waals surface area contributed by atoms with Crippen LogP contribution in [0.1, 0.15) is 45.1 Å². The van der Waals surface area contributed by atoms with E-state index in [0.29, 0.717) is 25.0 Å². The van der Waals surface area contributed by atoms with Crippen molar-refractivity contribution in [1.29, 1.82) is 0 Å². The van der Waals surface area contributed by atoms with Crippen molar-refractivity contribution >= 4 is 38.9 Å². The first kappa shape index (κ1) is 28.1. The number of aromatic amines is 1. The molecule has 41 heavy (non-hydrogen) atoms. The highest BCUT2D eigenvalue weighted by Gasteiger charge is 2.36. The number of hydrogen-bond donors (Lipinski definition) is 4. The van der Waals surface area contributed by atoms with Crippen molar-refractivity contribution in [2.75, 3.05) is 13.7 Å². The van der Waals surface area contributed by atoms with Crippen molar-refractivity contribution in [3.05, 3.63) is 101 Å². The predicted octanol–water partition coefficient (Wildman–Crippen LogP) is 4.31. The van der Waals surface area contributed by atoms with Gasteiger partial charge in [0.15, 0.2) is 0 Å². The molecule has 212 valence electrons. The van der Waals surface area contributed by atoms with Crippen molar-refractivity contribution < 1.29 is 33.1 Å². The third kappa shape index (κ3) is 5.73. The summed E-state index contributed by atoms with van der Waals surface area (Å²) in [5.41, 5.74) is 6.01. The Labute approximate surface area is 236 Å². The van der Waals surface area contributed by atoms with Gasteiger partial charge in [0.2, 0.25) is 10.0 Å². The van der Waals surface area contributed by atoms with Crippen LogP contribution in [0.15, 0.2) is 77.8 Å². The SMILES string of the molecule is COc1ccc2c(CCN(C3CCc4cc(/C=C/C(=O)NO)ccc43)S(=O)(=O)c3ccc(C(=O)O)cc3)c[nH]c2c1. The van der Waals surface area contributed by atoms with Crippen LogP contribution < -0.4 is 10.2 Å². The second-order valence-corrected chi connectivity index (χ2v) is 11.6. The summed E-state index contributed by atoms with van der Waals surface area (Å²) in [4.78, 5) is 26.0. The fourth-order valence-electron chi connectivity index (χ4n) is 5.31. The summed E-state index contributed by atoms with van der Waals surface area (Å²) < 4.78 is 35.0. The monoisotopic (exact) mass is 575 g/mol. The molecule has 1 atom stereocenters. The molecule has 10 nitrogen and oxygen atoms in total. The third-order valence-corrected chi connectivity index (χ3v) is 9.30. The zero-order chi connectivity index (χ0) is 29.1. The highest BCUT2D eigenvalue weighted by atomic mass is 32.2. The molecule has 1 heterocycles. The molecular weight excluding hydrogens is 546 g/mol. The lowest BCUT2D eigenvalue weighted by Crippen LogP contribution is -2.35. The van der Waals surface area contributed by atoms with Crippen LogP contribution in [0.3, 0.4) is 0 Å². The first-order valence-electron chi connectivity index (χ1n) is 13.0. The number of H-pyrrole nitrogens is 1. The molecule has 3 aromatic carbocycles. The molecule has 5 rings (SSSR count). The van der Waals surface area contributed by atoms with Gasteiger partial charge in [0.05, 0.1) is 23.6 Å². The molecular formula is C30H29N3O7S. The van der Waals surface area contributed by atoms with Gasteiger partial charge in [0.1, 0.15) is 5.75 Å². The number of aromatic carboxylic acids is 1. The van der Waals surface area contributed by atoms with Crippen LogP contribution in [0.2, 0.25) is 0 Å². The summed E-state index contributed by atoms with van der Waals surface area (Å²) in [5.74, 6) is -1.06. The molecule has 1 aromatic heterocycles. The molecule has 1 unspecified atom stereocenters. The van der Waals surface area contributed by atoms with Gasteiger partial charge in [-0.2, -0.15) is 4.31 Å². The van der Waals surface area contributed by atoms with Crippen LogP contribution in [0.5, 0.6) is 5.75 Å². The number of nitrogens with zero attached hydrogens (tertiary/aromatic N) is 1. The number of ether oxygens (including phenoxy) is 1. The number of carbonyl (C=O) groups excluding carboxylic acids is 1. The van der Waals surface area contributed by atoms with Crippen molar-refractivity contribution in [2.24, 2.45) is 0 Å². The van der Waals surface area contributed by atoms with Gasteiger partial charge >= 0.3 is 5.97 Å². The number of fused-ring (bicyclic) bond motifs is 2. The Morgan fingerprint density at radius 2 is 1.90 bits per heavy atom. The van der Waals surface area contributed by atoms with E-state index in [9.17, 15) is 23.1 Å². The summed E-state index contributed by atoms with van der Waals surface area (Å²) in [6.45, 7) is 0.199. The largest absolute Gasteiger partial charge is 0.497 e. The molecule has 4 aromatic rings. The average molecular weight is 576 g/mol. The Kier molecular flexibility index (Phi) is 7.93. The van der Waals surface area contributed by atoms with E-state index < -0.39 is 27.9 Å². The van der Waals surface area contributed by atoms with Crippen molar-refractivity contribution in [2.45, 2.75) is 30.2 Å². The maximum absolute atomic E-state index is 14.1. The molecule has 0 radical (unpaired) electrons. The van der Waals surface area contributed by atoms with Crippen LogP contribution in [-0.2, 0) is 27.7 Å². The maximum Gasteiger partial charge on any atom is 0.335 e. The van der Waals surface area contributed by atoms with Crippen LogP contribution in [0.4, 0.5) is 0 Å². The lowest BCUT2D eigenvalue weighted by molar-refractivity contribution is -0.124. The molecule has 1 aliphatic rings. The smallest absolute Gasteiger partial charge is 0.335 e. The molecule has 0 saturated carbocycles. The number of rotatable bonds is 10. The van der Waals surface area contributed by atoms with Gasteiger partial charge in [-0.15, -0.1) is 0 Å². The third-order valence-electron chi connectivity index (χ3n) is 7.38. The number of benzene rings is 3. The lowest BCUT2D eigenvalue weighted by Gasteiger charge is -2.29. The number of hydrogen-bond acceptors (Lipinski definition) is 6. The number of aromatic nitrogens is 1. The minimum atomic E-state index is -4.01. The van der Waals surface area contributed by atoms with E-state index in [1.54, 1.807) is 24.7 Å². The molecule has 1 aliphatic carbocycles. The zero-order valence-corrected chi connectivity index (χ0v) is 23.0. The van der Waals surface area contributed by atoms with E-state index in [2.05, 4.69) is 4.98 Å². The Hall–Kier alpha value is -4.45. The normalized spacial score (nSPS) is 15.0. The minimum absolute atomic E-state index is 0.00592. The van der Waals surface area contributed by atoms with Gasteiger partial charge in [0, 0.05) is 35.8 Å². The lowest BCUT2D eigenvalue weighted by atomic mass is 10.0. The number of carboxylic acid groups (broad SMARTS) is 1. The summed E-state index contributed by atoms with van der Waals surface area (Å²) >= 11 is 0. The van der Waals surface area contributed by atoms with Crippen LogP contribution in [0.25, 0.3) is 17.0 Å². The molecule has 1 amide bonds. The van der Waals surface area contributed by atoms with E-state index in [0.717, 1.165) is 33.2 Å². The van der Waals surface area contributed by atoms with Crippen LogP contribution in [0, 0.1) is 0 Å². The quantitative estimate of drug-likeness (QED) is 0.125. The van der Waals surface area contributed by atoms with Crippen LogP contribution >= 0.6 is 0 Å². The van der Waals surface area contributed by atoms with E-state index in [-0.39, 0.29) is 17.0 Å². The highest BCUT2D eigenvalue weighted by molar-refractivity contribution is 7.89. The topological polar surface area (TPSA) is 149 Å². The first-order valence-corrected chi connectivity index (χ1v) is 14.4. The van der Waals surface area contributed by atoms with E-state index in [1.807, 2.05) is 36.5 Å². The molecule has 4 N–H and O–H groups in total. The van der Waals surface area contributed by atoms with Gasteiger partial charge in [-0.3, -0.25) is 10.0 Å². The Morgan fingerprint density at radius 3 is 2.61 bits per heavy atom. The Morgan fingerprint density at radius 1 is 1.12 bits per heavy atom. The number of methoxy groups -OCH3 is 1. The number of amides is 1. The van der Waals surface area contributed by atoms with E-state index in [1.165, 1.54) is 34.6 Å². The van der Waals surface area contributed by atoms with Gasteiger partial charge in [-0.25, -0.2) is 18.7 Å². The second-order valence-electron chi connectivity index (χ2n) is 9.74. The predicted molar refractivity (Wildman–Crippen MR) is 152 cm³/mol. The van der Waals surface area contributed by atoms with Crippen molar-refractivity contribution in [3.63, 3.8) is 0 Å². The van der Waals surface area contributed by atoms with E-state index >= 15 is 0 Å². The molecule has 0 fully saturated rings. The van der Waals surface area contributed by atoms with E-state index in [4.69, 9.17) is 9.94 Å². The average Bonchev–Trinajstić information content (AvgIpc) is 3.59. The number of hydroxylamine groups is 1. The number of aryl methyl sites for hydroxylation is 1. The number of carbonyl (C=O) groups is 2. The maximum atomic E-state index is 14.1. The first-order chi connectivity index (χ1) is 19.7. The molecule has 0 saturated heterocycles.